The van der Waals surface area contributed by atoms with Crippen molar-refractivity contribution >= 4 is 17.0 Å². The van der Waals surface area contributed by atoms with Crippen LogP contribution >= 0.6 is 0 Å². The lowest BCUT2D eigenvalue weighted by Gasteiger charge is -2.22. The minimum Gasteiger partial charge on any atom is -0.494 e. The van der Waals surface area contributed by atoms with Gasteiger partial charge < -0.3 is 9.64 Å². The molecule has 0 N–H and O–H groups in total. The molecule has 5 heteroatoms. The minimum atomic E-state index is 0.583. The van der Waals surface area contributed by atoms with E-state index in [0.717, 1.165) is 28.5 Å². The van der Waals surface area contributed by atoms with Crippen LogP contribution in [0.1, 0.15) is 12.6 Å². The maximum atomic E-state index is 5.48. The second-order valence-electron chi connectivity index (χ2n) is 5.47. The monoisotopic (exact) mass is 318 g/mol. The molecule has 2 aromatic heterocycles. The Labute approximate surface area is 140 Å². The van der Waals surface area contributed by atoms with Crippen molar-refractivity contribution in [2.45, 2.75) is 6.92 Å². The number of aliphatic imine (C=N–C) groups is 1. The number of hydrogen-bond donors (Lipinski definition) is 0. The van der Waals surface area contributed by atoms with E-state index < -0.39 is 0 Å². The number of imidazole rings is 1. The highest BCUT2D eigenvalue weighted by Crippen LogP contribution is 2.22. The smallest absolute Gasteiger partial charge is 0.137 e. The summed E-state index contributed by atoms with van der Waals surface area (Å²) in [4.78, 5) is 11.2. The van der Waals surface area contributed by atoms with Crippen molar-refractivity contribution in [3.05, 3.63) is 72.8 Å². The molecule has 0 radical (unpaired) electrons. The summed E-state index contributed by atoms with van der Waals surface area (Å²) in [6, 6.07) is 14.0. The fraction of sp³-hybridized carbons (Fsp3) is 0.158. The maximum absolute atomic E-state index is 5.48. The fourth-order valence-electron chi connectivity index (χ4n) is 2.77. The molecular formula is C19H18N4O. The van der Waals surface area contributed by atoms with Crippen molar-refractivity contribution < 1.29 is 4.74 Å². The lowest BCUT2D eigenvalue weighted by atomic mass is 10.2. The number of hydrogen-bond acceptors (Lipinski definition) is 4. The Morgan fingerprint density at radius 2 is 2.00 bits per heavy atom. The van der Waals surface area contributed by atoms with Crippen LogP contribution in [0.25, 0.3) is 5.65 Å². The van der Waals surface area contributed by atoms with Crippen molar-refractivity contribution in [3.8, 4) is 5.75 Å². The molecule has 0 unspecified atom stereocenters. The maximum Gasteiger partial charge on any atom is 0.137 e. The molecule has 1 aliphatic heterocycles. The molecule has 5 nitrogen and oxygen atoms in total. The standard InChI is InChI=1S/C19H18N4O/c1-2-24-16-8-6-15(7-9-16)22-12-10-17(21-14-22)18-13-20-19-5-3-4-11-23(18)19/h3-13H,2,14H2,1H3. The van der Waals surface area contributed by atoms with Gasteiger partial charge in [0.15, 0.2) is 0 Å². The van der Waals surface area contributed by atoms with Gasteiger partial charge >= 0.3 is 0 Å². The highest BCUT2D eigenvalue weighted by molar-refractivity contribution is 6.08. The van der Waals surface area contributed by atoms with E-state index in [9.17, 15) is 0 Å². The normalized spacial score (nSPS) is 14.0. The first-order chi connectivity index (χ1) is 11.8. The van der Waals surface area contributed by atoms with Gasteiger partial charge in [-0.05, 0) is 49.4 Å². The van der Waals surface area contributed by atoms with Crippen LogP contribution in [0.5, 0.6) is 5.75 Å². The molecule has 0 aliphatic carbocycles. The zero-order valence-corrected chi connectivity index (χ0v) is 13.5. The predicted molar refractivity (Wildman–Crippen MR) is 95.8 cm³/mol. The molecule has 0 atom stereocenters. The molecule has 120 valence electrons. The Morgan fingerprint density at radius 3 is 2.75 bits per heavy atom. The number of rotatable bonds is 4. The number of fused-ring (bicyclic) bond motifs is 1. The van der Waals surface area contributed by atoms with E-state index in [2.05, 4.69) is 20.5 Å². The Balaban J connectivity index is 1.54. The zero-order chi connectivity index (χ0) is 16.4. The molecular weight excluding hydrogens is 300 g/mol. The lowest BCUT2D eigenvalue weighted by Crippen LogP contribution is -2.22. The molecule has 24 heavy (non-hydrogen) atoms. The number of pyridine rings is 1. The number of nitrogens with zero attached hydrogens (tertiary/aromatic N) is 4. The molecule has 0 saturated carbocycles. The molecule has 0 saturated heterocycles. The van der Waals surface area contributed by atoms with E-state index in [4.69, 9.17) is 9.73 Å². The predicted octanol–water partition coefficient (Wildman–Crippen LogP) is 3.51. The summed E-state index contributed by atoms with van der Waals surface area (Å²) in [7, 11) is 0. The van der Waals surface area contributed by atoms with Crippen molar-refractivity contribution in [2.24, 2.45) is 4.99 Å². The van der Waals surface area contributed by atoms with Crippen LogP contribution in [0.15, 0.2) is 72.1 Å². The SMILES string of the molecule is CCOc1ccc(N2C=CC(c3cnc4ccccn34)=NC2)cc1. The quantitative estimate of drug-likeness (QED) is 0.739. The van der Waals surface area contributed by atoms with E-state index in [1.54, 1.807) is 0 Å². The van der Waals surface area contributed by atoms with Crippen LogP contribution in [0.2, 0.25) is 0 Å². The number of benzene rings is 1. The Morgan fingerprint density at radius 1 is 1.12 bits per heavy atom. The third-order valence-electron chi connectivity index (χ3n) is 3.96. The van der Waals surface area contributed by atoms with Gasteiger partial charge in [0.05, 0.1) is 24.2 Å². The van der Waals surface area contributed by atoms with Gasteiger partial charge in [-0.15, -0.1) is 0 Å². The topological polar surface area (TPSA) is 42.1 Å². The third-order valence-corrected chi connectivity index (χ3v) is 3.96. The Kier molecular flexibility index (Phi) is 3.75. The van der Waals surface area contributed by atoms with E-state index in [-0.39, 0.29) is 0 Å². The molecule has 0 spiro atoms. The van der Waals surface area contributed by atoms with E-state index in [0.29, 0.717) is 13.3 Å². The van der Waals surface area contributed by atoms with E-state index in [1.165, 1.54) is 0 Å². The second-order valence-corrected chi connectivity index (χ2v) is 5.47. The number of ether oxygens (including phenoxy) is 1. The van der Waals surface area contributed by atoms with E-state index >= 15 is 0 Å². The Hall–Kier alpha value is -3.08. The van der Waals surface area contributed by atoms with Crippen LogP contribution in [0.3, 0.4) is 0 Å². The summed E-state index contributed by atoms with van der Waals surface area (Å²) < 4.78 is 7.53. The Bertz CT molecular complexity index is 909. The minimum absolute atomic E-state index is 0.583. The first kappa shape index (κ1) is 14.5. The highest BCUT2D eigenvalue weighted by Gasteiger charge is 2.13. The van der Waals surface area contributed by atoms with Gasteiger partial charge in [-0.25, -0.2) is 4.98 Å². The second kappa shape index (κ2) is 6.20. The first-order valence-corrected chi connectivity index (χ1v) is 8.00. The molecule has 1 aromatic carbocycles. The average Bonchev–Trinajstić information content (AvgIpc) is 3.07. The molecule has 3 aromatic rings. The van der Waals surface area contributed by atoms with Gasteiger partial charge in [-0.1, -0.05) is 6.07 Å². The summed E-state index contributed by atoms with van der Waals surface area (Å²) >= 11 is 0. The van der Waals surface area contributed by atoms with Crippen molar-refractivity contribution in [3.63, 3.8) is 0 Å². The van der Waals surface area contributed by atoms with Crippen LogP contribution in [-0.4, -0.2) is 28.4 Å². The fourth-order valence-corrected chi connectivity index (χ4v) is 2.77. The van der Waals surface area contributed by atoms with Gasteiger partial charge in [0.1, 0.15) is 18.1 Å². The van der Waals surface area contributed by atoms with Crippen molar-refractivity contribution in [1.82, 2.24) is 9.38 Å². The summed E-state index contributed by atoms with van der Waals surface area (Å²) in [5.74, 6) is 0.886. The van der Waals surface area contributed by atoms with Crippen molar-refractivity contribution in [1.29, 1.82) is 0 Å². The average molecular weight is 318 g/mol. The lowest BCUT2D eigenvalue weighted by molar-refractivity contribution is 0.340. The van der Waals surface area contributed by atoms with Crippen LogP contribution in [0, 0.1) is 0 Å². The summed E-state index contributed by atoms with van der Waals surface area (Å²) in [6.07, 6.45) is 7.95. The molecule has 3 heterocycles. The highest BCUT2D eigenvalue weighted by atomic mass is 16.5. The first-order valence-electron chi connectivity index (χ1n) is 8.00. The number of anilines is 1. The van der Waals surface area contributed by atoms with Crippen LogP contribution in [-0.2, 0) is 0 Å². The molecule has 0 fully saturated rings. The largest absolute Gasteiger partial charge is 0.494 e. The van der Waals surface area contributed by atoms with Gasteiger partial charge in [0.25, 0.3) is 0 Å². The molecule has 4 rings (SSSR count). The van der Waals surface area contributed by atoms with Gasteiger partial charge in [0, 0.05) is 18.1 Å². The zero-order valence-electron chi connectivity index (χ0n) is 13.5. The van der Waals surface area contributed by atoms with Crippen LogP contribution < -0.4 is 9.64 Å². The number of aromatic nitrogens is 2. The number of allylic oxidation sites excluding steroid dienone is 1. The van der Waals surface area contributed by atoms with Gasteiger partial charge in [-0.3, -0.25) is 9.39 Å². The van der Waals surface area contributed by atoms with Gasteiger partial charge in [-0.2, -0.15) is 0 Å². The summed E-state index contributed by atoms with van der Waals surface area (Å²) in [5.41, 5.74) is 3.97. The third kappa shape index (κ3) is 2.65. The van der Waals surface area contributed by atoms with Gasteiger partial charge in [0.2, 0.25) is 0 Å². The van der Waals surface area contributed by atoms with Crippen molar-refractivity contribution in [2.75, 3.05) is 18.2 Å². The molecule has 1 aliphatic rings. The summed E-state index contributed by atoms with van der Waals surface area (Å²) in [5, 5.41) is 0. The van der Waals surface area contributed by atoms with Crippen LogP contribution in [0.4, 0.5) is 5.69 Å². The molecule has 0 amide bonds. The van der Waals surface area contributed by atoms with E-state index in [1.807, 2.05) is 67.9 Å². The summed E-state index contributed by atoms with van der Waals surface area (Å²) in [6.45, 7) is 3.24. The molecule has 0 bridgehead atoms.